The number of carbonyl (C=O) groups is 1. The molecule has 6 heteroatoms. The number of imidazole rings is 1. The summed E-state index contributed by atoms with van der Waals surface area (Å²) in [5.74, 6) is 0.754. The van der Waals surface area contributed by atoms with Crippen molar-refractivity contribution in [2.75, 3.05) is 0 Å². The maximum atomic E-state index is 12.7. The standard InChI is InChI=1S/C26H32BrN3O2/c1-5-26(2,3)16-22-18-28-24(30(22)4)23(15-19-11-13-21(27)14-12-19)32-25(31)29-17-20-9-7-6-8-10-20/h6-14,18,23H,5,15-17H2,1-4H3,(H,29,31). The molecule has 170 valence electrons. The fraction of sp³-hybridized carbons (Fsp3) is 0.385. The van der Waals surface area contributed by atoms with Crippen LogP contribution < -0.4 is 5.32 Å². The van der Waals surface area contributed by atoms with Gasteiger partial charge < -0.3 is 14.6 Å². The van der Waals surface area contributed by atoms with Gasteiger partial charge in [0, 0.05) is 36.4 Å². The Balaban J connectivity index is 1.78. The monoisotopic (exact) mass is 497 g/mol. The van der Waals surface area contributed by atoms with Crippen molar-refractivity contribution < 1.29 is 9.53 Å². The molecule has 2 aromatic carbocycles. The number of amides is 1. The highest BCUT2D eigenvalue weighted by molar-refractivity contribution is 9.10. The maximum Gasteiger partial charge on any atom is 0.408 e. The normalized spacial score (nSPS) is 12.4. The van der Waals surface area contributed by atoms with Crippen LogP contribution in [0.4, 0.5) is 4.79 Å². The minimum Gasteiger partial charge on any atom is -0.438 e. The molecular weight excluding hydrogens is 466 g/mol. The number of benzene rings is 2. The topological polar surface area (TPSA) is 56.1 Å². The van der Waals surface area contributed by atoms with Gasteiger partial charge in [-0.3, -0.25) is 0 Å². The summed E-state index contributed by atoms with van der Waals surface area (Å²) in [5.41, 5.74) is 3.42. The van der Waals surface area contributed by atoms with Gasteiger partial charge in [-0.15, -0.1) is 0 Å². The van der Waals surface area contributed by atoms with Crippen LogP contribution in [-0.2, 0) is 31.2 Å². The molecule has 0 spiro atoms. The molecule has 0 saturated carbocycles. The maximum absolute atomic E-state index is 12.7. The molecule has 3 rings (SSSR count). The Hall–Kier alpha value is -2.60. The molecule has 0 radical (unpaired) electrons. The SMILES string of the molecule is CCC(C)(C)Cc1cnc(C(Cc2ccc(Br)cc2)OC(=O)NCc2ccccc2)n1C. The van der Waals surface area contributed by atoms with Crippen LogP contribution in [0.15, 0.2) is 65.3 Å². The lowest BCUT2D eigenvalue weighted by Gasteiger charge is -2.23. The van der Waals surface area contributed by atoms with E-state index in [0.717, 1.165) is 40.0 Å². The van der Waals surface area contributed by atoms with Crippen LogP contribution >= 0.6 is 15.9 Å². The van der Waals surface area contributed by atoms with Gasteiger partial charge in [-0.2, -0.15) is 0 Å². The Kier molecular flexibility index (Phi) is 8.13. The molecule has 1 unspecified atom stereocenters. The highest BCUT2D eigenvalue weighted by atomic mass is 79.9. The van der Waals surface area contributed by atoms with Gasteiger partial charge >= 0.3 is 6.09 Å². The van der Waals surface area contributed by atoms with Gasteiger partial charge in [0.05, 0.1) is 0 Å². The summed E-state index contributed by atoms with van der Waals surface area (Å²) in [5, 5.41) is 2.86. The highest BCUT2D eigenvalue weighted by Crippen LogP contribution is 2.28. The summed E-state index contributed by atoms with van der Waals surface area (Å²) in [6.45, 7) is 7.13. The predicted octanol–water partition coefficient (Wildman–Crippen LogP) is 6.37. The molecule has 1 atom stereocenters. The van der Waals surface area contributed by atoms with Gasteiger partial charge in [0.1, 0.15) is 5.82 Å². The number of rotatable bonds is 9. The average Bonchev–Trinajstić information content (AvgIpc) is 3.13. The molecule has 1 heterocycles. The van der Waals surface area contributed by atoms with Crippen LogP contribution in [0.3, 0.4) is 0 Å². The van der Waals surface area contributed by atoms with Crippen molar-refractivity contribution >= 4 is 22.0 Å². The molecule has 1 aromatic heterocycles. The Morgan fingerprint density at radius 1 is 1.12 bits per heavy atom. The van der Waals surface area contributed by atoms with Crippen molar-refractivity contribution in [3.63, 3.8) is 0 Å². The number of nitrogens with zero attached hydrogens (tertiary/aromatic N) is 2. The summed E-state index contributed by atoms with van der Waals surface area (Å²) < 4.78 is 8.99. The van der Waals surface area contributed by atoms with Crippen LogP contribution in [-0.4, -0.2) is 15.6 Å². The van der Waals surface area contributed by atoms with Crippen molar-refractivity contribution in [2.24, 2.45) is 12.5 Å². The predicted molar refractivity (Wildman–Crippen MR) is 131 cm³/mol. The summed E-state index contributed by atoms with van der Waals surface area (Å²) >= 11 is 3.48. The molecule has 1 N–H and O–H groups in total. The first-order valence-corrected chi connectivity index (χ1v) is 11.8. The third-order valence-corrected chi connectivity index (χ3v) is 6.42. The number of hydrogen-bond acceptors (Lipinski definition) is 3. The Labute approximate surface area is 199 Å². The zero-order chi connectivity index (χ0) is 23.1. The van der Waals surface area contributed by atoms with Gasteiger partial charge in [-0.05, 0) is 35.1 Å². The minimum absolute atomic E-state index is 0.181. The van der Waals surface area contributed by atoms with Crippen molar-refractivity contribution in [3.8, 4) is 0 Å². The Morgan fingerprint density at radius 2 is 1.81 bits per heavy atom. The fourth-order valence-corrected chi connectivity index (χ4v) is 3.77. The smallest absolute Gasteiger partial charge is 0.408 e. The molecule has 5 nitrogen and oxygen atoms in total. The van der Waals surface area contributed by atoms with E-state index in [0.29, 0.717) is 13.0 Å². The van der Waals surface area contributed by atoms with Crippen LogP contribution in [0.25, 0.3) is 0 Å². The quantitative estimate of drug-likeness (QED) is 0.373. The second-order valence-electron chi connectivity index (χ2n) is 8.92. The lowest BCUT2D eigenvalue weighted by atomic mass is 9.85. The van der Waals surface area contributed by atoms with Crippen LogP contribution in [0.5, 0.6) is 0 Å². The van der Waals surface area contributed by atoms with E-state index in [1.807, 2.05) is 67.8 Å². The van der Waals surface area contributed by atoms with E-state index >= 15 is 0 Å². The lowest BCUT2D eigenvalue weighted by Crippen LogP contribution is -2.27. The van der Waals surface area contributed by atoms with Crippen molar-refractivity contribution in [1.82, 2.24) is 14.9 Å². The molecule has 0 aliphatic heterocycles. The molecular formula is C26H32BrN3O2. The van der Waals surface area contributed by atoms with E-state index in [1.165, 1.54) is 0 Å². The highest BCUT2D eigenvalue weighted by Gasteiger charge is 2.25. The van der Waals surface area contributed by atoms with Crippen LogP contribution in [0, 0.1) is 5.41 Å². The molecule has 1 amide bonds. The lowest BCUT2D eigenvalue weighted by molar-refractivity contribution is 0.0905. The molecule has 3 aromatic rings. The van der Waals surface area contributed by atoms with Crippen molar-refractivity contribution in [2.45, 2.75) is 52.7 Å². The summed E-state index contributed by atoms with van der Waals surface area (Å²) in [4.78, 5) is 17.3. The molecule has 0 bridgehead atoms. The number of ether oxygens (including phenoxy) is 1. The zero-order valence-corrected chi connectivity index (χ0v) is 20.9. The third-order valence-electron chi connectivity index (χ3n) is 5.89. The Bertz CT molecular complexity index is 1010. The summed E-state index contributed by atoms with van der Waals surface area (Å²) in [6, 6.07) is 17.9. The third kappa shape index (κ3) is 6.70. The van der Waals surface area contributed by atoms with Gasteiger partial charge in [0.25, 0.3) is 0 Å². The summed E-state index contributed by atoms with van der Waals surface area (Å²) in [6.07, 6.45) is 3.51. The number of carbonyl (C=O) groups excluding carboxylic acids is 1. The van der Waals surface area contributed by atoms with E-state index in [9.17, 15) is 4.79 Å². The van der Waals surface area contributed by atoms with Gasteiger partial charge in [0.2, 0.25) is 0 Å². The van der Waals surface area contributed by atoms with Gasteiger partial charge in [-0.25, -0.2) is 9.78 Å². The first-order valence-electron chi connectivity index (χ1n) is 11.0. The minimum atomic E-state index is -0.490. The molecule has 0 aliphatic carbocycles. The number of hydrogen-bond donors (Lipinski definition) is 1. The second-order valence-corrected chi connectivity index (χ2v) is 9.84. The van der Waals surface area contributed by atoms with Crippen LogP contribution in [0.2, 0.25) is 0 Å². The Morgan fingerprint density at radius 3 is 2.47 bits per heavy atom. The number of nitrogens with one attached hydrogen (secondary N) is 1. The first-order chi connectivity index (χ1) is 15.3. The second kappa shape index (κ2) is 10.8. The van der Waals surface area contributed by atoms with Crippen LogP contribution in [0.1, 0.15) is 55.9 Å². The molecule has 32 heavy (non-hydrogen) atoms. The van der Waals surface area contributed by atoms with E-state index in [1.54, 1.807) is 0 Å². The average molecular weight is 498 g/mol. The van der Waals surface area contributed by atoms with E-state index in [-0.39, 0.29) is 5.41 Å². The van der Waals surface area contributed by atoms with E-state index < -0.39 is 12.2 Å². The van der Waals surface area contributed by atoms with Gasteiger partial charge in [-0.1, -0.05) is 85.6 Å². The van der Waals surface area contributed by atoms with Crippen molar-refractivity contribution in [3.05, 3.63) is 87.9 Å². The first kappa shape index (κ1) is 24.1. The largest absolute Gasteiger partial charge is 0.438 e. The van der Waals surface area contributed by atoms with E-state index in [4.69, 9.17) is 4.74 Å². The fourth-order valence-electron chi connectivity index (χ4n) is 3.50. The molecule has 0 saturated heterocycles. The zero-order valence-electron chi connectivity index (χ0n) is 19.3. The van der Waals surface area contributed by atoms with Gasteiger partial charge in [0.15, 0.2) is 6.10 Å². The van der Waals surface area contributed by atoms with Crippen molar-refractivity contribution in [1.29, 1.82) is 0 Å². The number of alkyl carbamates (subject to hydrolysis) is 1. The summed E-state index contributed by atoms with van der Waals surface area (Å²) in [7, 11) is 2.00. The van der Waals surface area contributed by atoms with E-state index in [2.05, 4.69) is 51.6 Å². The number of aromatic nitrogens is 2. The number of halogens is 1. The molecule has 0 fully saturated rings. The molecule has 0 aliphatic rings.